The van der Waals surface area contributed by atoms with Gasteiger partial charge in [-0.15, -0.1) is 10.2 Å². The summed E-state index contributed by atoms with van der Waals surface area (Å²) in [6.45, 7) is 0. The summed E-state index contributed by atoms with van der Waals surface area (Å²) in [5.41, 5.74) is 2.36. The van der Waals surface area contributed by atoms with E-state index in [-0.39, 0.29) is 5.97 Å². The van der Waals surface area contributed by atoms with Crippen LogP contribution in [0.25, 0.3) is 0 Å². The molecule has 0 saturated carbocycles. The molecule has 0 unspecified atom stereocenters. The average molecular weight is 387 g/mol. The molecule has 0 aliphatic carbocycles. The summed E-state index contributed by atoms with van der Waals surface area (Å²) in [7, 11) is 1.35. The number of methoxy groups -OCH3 is 1. The minimum absolute atomic E-state index is 0.370. The minimum Gasteiger partial charge on any atom is -0.465 e. The number of esters is 1. The van der Waals surface area contributed by atoms with Crippen LogP contribution in [0, 0.1) is 0 Å². The van der Waals surface area contributed by atoms with E-state index in [2.05, 4.69) is 20.0 Å². The molecule has 0 spiro atoms. The third kappa shape index (κ3) is 4.50. The fourth-order valence-electron chi connectivity index (χ4n) is 2.10. The maximum absolute atomic E-state index is 11.4. The zero-order valence-electron chi connectivity index (χ0n) is 13.9. The summed E-state index contributed by atoms with van der Waals surface area (Å²) in [5.74, 6) is 0.299. The number of aromatic nitrogens is 3. The van der Waals surface area contributed by atoms with E-state index in [1.165, 1.54) is 25.2 Å². The first-order chi connectivity index (χ1) is 12.7. The Bertz CT molecular complexity index is 925. The van der Waals surface area contributed by atoms with Crippen LogP contribution in [-0.4, -0.2) is 34.2 Å². The van der Waals surface area contributed by atoms with Crippen molar-refractivity contribution in [3.63, 3.8) is 0 Å². The van der Waals surface area contributed by atoms with Gasteiger partial charge in [0.05, 0.1) is 18.9 Å². The molecule has 0 fully saturated rings. The van der Waals surface area contributed by atoms with Crippen molar-refractivity contribution in [2.24, 2.45) is 5.10 Å². The molecule has 0 bridgehead atoms. The summed E-state index contributed by atoms with van der Waals surface area (Å²) in [4.78, 5) is 11.4. The number of halogens is 1. The van der Waals surface area contributed by atoms with Crippen LogP contribution in [0.4, 0.5) is 0 Å². The highest BCUT2D eigenvalue weighted by Gasteiger charge is 2.07. The topological polar surface area (TPSA) is 69.4 Å². The van der Waals surface area contributed by atoms with E-state index in [1.807, 2.05) is 24.3 Å². The number of nitrogens with zero attached hydrogens (tertiary/aromatic N) is 4. The molecule has 1 heterocycles. The van der Waals surface area contributed by atoms with Crippen molar-refractivity contribution in [3.8, 4) is 0 Å². The van der Waals surface area contributed by atoms with Crippen molar-refractivity contribution < 1.29 is 9.53 Å². The van der Waals surface area contributed by atoms with Gasteiger partial charge in [0.25, 0.3) is 0 Å². The number of hydrogen-bond donors (Lipinski definition) is 0. The number of carbonyl (C=O) groups is 1. The Balaban J connectivity index is 1.67. The van der Waals surface area contributed by atoms with E-state index in [0.717, 1.165) is 16.1 Å². The van der Waals surface area contributed by atoms with Gasteiger partial charge in [-0.05, 0) is 29.3 Å². The zero-order valence-corrected chi connectivity index (χ0v) is 15.4. The Morgan fingerprint density at radius 1 is 1.27 bits per heavy atom. The summed E-state index contributed by atoms with van der Waals surface area (Å²) < 4.78 is 6.27. The second-order valence-electron chi connectivity index (χ2n) is 5.20. The van der Waals surface area contributed by atoms with Gasteiger partial charge < -0.3 is 4.74 Å². The molecule has 0 aliphatic rings. The predicted octanol–water partition coefficient (Wildman–Crippen LogP) is 3.89. The van der Waals surface area contributed by atoms with E-state index in [1.54, 1.807) is 35.2 Å². The molecule has 0 atom stereocenters. The van der Waals surface area contributed by atoms with Crippen molar-refractivity contribution >= 4 is 35.5 Å². The lowest BCUT2D eigenvalue weighted by Crippen LogP contribution is -2.00. The fourth-order valence-corrected chi connectivity index (χ4v) is 3.25. The van der Waals surface area contributed by atoms with Crippen LogP contribution >= 0.6 is 23.4 Å². The van der Waals surface area contributed by atoms with Crippen LogP contribution in [-0.2, 0) is 10.5 Å². The molecule has 132 valence electrons. The summed E-state index contributed by atoms with van der Waals surface area (Å²) in [5, 5.41) is 13.7. The summed E-state index contributed by atoms with van der Waals surface area (Å²) in [6, 6.07) is 14.6. The number of rotatable bonds is 6. The van der Waals surface area contributed by atoms with Crippen LogP contribution in [0.15, 0.2) is 65.1 Å². The number of ether oxygens (including phenoxy) is 1. The van der Waals surface area contributed by atoms with Gasteiger partial charge in [0, 0.05) is 10.8 Å². The van der Waals surface area contributed by atoms with E-state index in [0.29, 0.717) is 16.5 Å². The van der Waals surface area contributed by atoms with Gasteiger partial charge in [0.1, 0.15) is 6.33 Å². The first-order valence-corrected chi connectivity index (χ1v) is 9.02. The molecule has 0 radical (unpaired) electrons. The van der Waals surface area contributed by atoms with Crippen molar-refractivity contribution in [1.29, 1.82) is 0 Å². The van der Waals surface area contributed by atoms with Gasteiger partial charge in [-0.3, -0.25) is 0 Å². The Labute approximate surface area is 159 Å². The second-order valence-corrected chi connectivity index (χ2v) is 6.55. The van der Waals surface area contributed by atoms with Crippen LogP contribution in [0.3, 0.4) is 0 Å². The highest BCUT2D eigenvalue weighted by atomic mass is 35.5. The number of hydrogen-bond acceptors (Lipinski definition) is 6. The molecule has 26 heavy (non-hydrogen) atoms. The Morgan fingerprint density at radius 3 is 2.77 bits per heavy atom. The Hall–Kier alpha value is -2.64. The largest absolute Gasteiger partial charge is 0.465 e. The minimum atomic E-state index is -0.370. The average Bonchev–Trinajstić information content (AvgIpc) is 3.13. The number of benzene rings is 2. The Morgan fingerprint density at radius 2 is 2.04 bits per heavy atom. The van der Waals surface area contributed by atoms with E-state index >= 15 is 0 Å². The lowest BCUT2D eigenvalue weighted by Gasteiger charge is -2.03. The lowest BCUT2D eigenvalue weighted by atomic mass is 10.1. The monoisotopic (exact) mass is 386 g/mol. The highest BCUT2D eigenvalue weighted by Crippen LogP contribution is 2.25. The van der Waals surface area contributed by atoms with Crippen LogP contribution < -0.4 is 0 Å². The van der Waals surface area contributed by atoms with Crippen LogP contribution in [0.1, 0.15) is 21.5 Å². The number of thioether (sulfide) groups is 1. The molecule has 8 heteroatoms. The smallest absolute Gasteiger partial charge is 0.337 e. The molecule has 3 aromatic rings. The summed E-state index contributed by atoms with van der Waals surface area (Å²) in [6.07, 6.45) is 3.21. The molecule has 0 saturated heterocycles. The van der Waals surface area contributed by atoms with Gasteiger partial charge in [-0.1, -0.05) is 53.7 Å². The molecule has 3 rings (SSSR count). The van der Waals surface area contributed by atoms with E-state index < -0.39 is 0 Å². The molecular weight excluding hydrogens is 372 g/mol. The van der Waals surface area contributed by atoms with Crippen molar-refractivity contribution in [3.05, 3.63) is 76.6 Å². The van der Waals surface area contributed by atoms with Gasteiger partial charge in [0.2, 0.25) is 5.16 Å². The molecule has 0 N–H and O–H groups in total. The third-order valence-corrected chi connectivity index (χ3v) is 4.83. The molecule has 1 aromatic heterocycles. The van der Waals surface area contributed by atoms with E-state index in [4.69, 9.17) is 11.6 Å². The van der Waals surface area contributed by atoms with Gasteiger partial charge in [0.15, 0.2) is 0 Å². The lowest BCUT2D eigenvalue weighted by molar-refractivity contribution is 0.0600. The first kappa shape index (κ1) is 18.2. The van der Waals surface area contributed by atoms with Gasteiger partial charge >= 0.3 is 5.97 Å². The maximum atomic E-state index is 11.4. The maximum Gasteiger partial charge on any atom is 0.337 e. The third-order valence-electron chi connectivity index (χ3n) is 3.48. The predicted molar refractivity (Wildman–Crippen MR) is 102 cm³/mol. The van der Waals surface area contributed by atoms with Crippen molar-refractivity contribution in [2.75, 3.05) is 7.11 Å². The highest BCUT2D eigenvalue weighted by molar-refractivity contribution is 7.98. The van der Waals surface area contributed by atoms with Crippen LogP contribution in [0.2, 0.25) is 5.02 Å². The van der Waals surface area contributed by atoms with Crippen molar-refractivity contribution in [1.82, 2.24) is 14.9 Å². The standard InChI is InChI=1S/C18H15ClN4O2S/c1-25-17(24)14-8-6-13(7-9-14)10-21-23-12-20-22-18(23)26-11-15-4-2-3-5-16(15)19/h2-10,12H,11H2,1H3/b21-10-. The summed E-state index contributed by atoms with van der Waals surface area (Å²) >= 11 is 7.67. The normalized spacial score (nSPS) is 11.0. The quantitative estimate of drug-likeness (QED) is 0.365. The number of carbonyl (C=O) groups excluding carboxylic acids is 1. The SMILES string of the molecule is COC(=O)c1ccc(/C=N\n2cnnc2SCc2ccccc2Cl)cc1. The zero-order chi connectivity index (χ0) is 18.4. The molecule has 2 aromatic carbocycles. The van der Waals surface area contributed by atoms with Crippen molar-refractivity contribution in [2.45, 2.75) is 10.9 Å². The second kappa shape index (κ2) is 8.64. The fraction of sp³-hybridized carbons (Fsp3) is 0.111. The van der Waals surface area contributed by atoms with Gasteiger partial charge in [-0.25, -0.2) is 4.79 Å². The Kier molecular flexibility index (Phi) is 6.04. The molecule has 0 aliphatic heterocycles. The van der Waals surface area contributed by atoms with Gasteiger partial charge in [-0.2, -0.15) is 9.78 Å². The van der Waals surface area contributed by atoms with E-state index in [9.17, 15) is 4.79 Å². The first-order valence-electron chi connectivity index (χ1n) is 7.66. The molecular formula is C18H15ClN4O2S. The molecule has 0 amide bonds. The molecule has 6 nitrogen and oxygen atoms in total. The van der Waals surface area contributed by atoms with Crippen LogP contribution in [0.5, 0.6) is 0 Å².